The van der Waals surface area contributed by atoms with Gasteiger partial charge in [0.1, 0.15) is 5.82 Å². The summed E-state index contributed by atoms with van der Waals surface area (Å²) in [4.78, 5) is 4.64. The Balaban J connectivity index is 2.13. The van der Waals surface area contributed by atoms with Crippen LogP contribution in [0.1, 0.15) is 18.9 Å². The van der Waals surface area contributed by atoms with E-state index in [-0.39, 0.29) is 6.67 Å². The van der Waals surface area contributed by atoms with Crippen molar-refractivity contribution >= 4 is 22.9 Å². The fourth-order valence-corrected chi connectivity index (χ4v) is 3.06. The first kappa shape index (κ1) is 16.2. The van der Waals surface area contributed by atoms with E-state index < -0.39 is 0 Å². The summed E-state index contributed by atoms with van der Waals surface area (Å²) >= 11 is 0. The number of hydrogen-bond acceptors (Lipinski definition) is 1. The lowest BCUT2D eigenvalue weighted by molar-refractivity contribution is 0.473. The van der Waals surface area contributed by atoms with Crippen molar-refractivity contribution < 1.29 is 4.39 Å². The Morgan fingerprint density at radius 1 is 1.29 bits per heavy atom. The zero-order chi connectivity index (χ0) is 16.9. The third kappa shape index (κ3) is 3.02. The fourth-order valence-electron chi connectivity index (χ4n) is 3.06. The van der Waals surface area contributed by atoms with Crippen LogP contribution in [-0.4, -0.2) is 16.2 Å². The van der Waals surface area contributed by atoms with Gasteiger partial charge in [-0.3, -0.25) is 4.39 Å². The van der Waals surface area contributed by atoms with Gasteiger partial charge in [0, 0.05) is 23.1 Å². The zero-order valence-corrected chi connectivity index (χ0v) is 13.9. The van der Waals surface area contributed by atoms with E-state index in [1.807, 2.05) is 31.5 Å². The van der Waals surface area contributed by atoms with Crippen LogP contribution in [0.25, 0.3) is 28.7 Å². The highest BCUT2D eigenvalue weighted by molar-refractivity contribution is 5.86. The summed E-state index contributed by atoms with van der Waals surface area (Å²) in [7, 11) is 0. The summed E-state index contributed by atoms with van der Waals surface area (Å²) in [6.45, 7) is 5.50. The molecular weight excluding hydrogens is 299 g/mol. The Bertz CT molecular complexity index is 983. The molecule has 0 atom stereocenters. The van der Waals surface area contributed by atoms with E-state index in [2.05, 4.69) is 46.5 Å². The van der Waals surface area contributed by atoms with Crippen LogP contribution in [0.5, 0.6) is 0 Å². The van der Waals surface area contributed by atoms with Gasteiger partial charge >= 0.3 is 0 Å². The molecule has 0 saturated heterocycles. The minimum Gasteiger partial charge on any atom is -0.302 e. The Hall–Kier alpha value is -2.68. The minimum absolute atomic E-state index is 0.288. The third-order valence-electron chi connectivity index (χ3n) is 4.20. The maximum atomic E-state index is 12.5. The Labute approximate surface area is 141 Å². The molecule has 0 N–H and O–H groups in total. The van der Waals surface area contributed by atoms with Gasteiger partial charge in [0.2, 0.25) is 0 Å². The first-order valence-corrected chi connectivity index (χ1v) is 8.19. The summed E-state index contributed by atoms with van der Waals surface area (Å²) < 4.78 is 14.6. The van der Waals surface area contributed by atoms with Gasteiger partial charge in [-0.25, -0.2) is 4.98 Å². The van der Waals surface area contributed by atoms with E-state index in [1.165, 1.54) is 0 Å². The number of allylic oxidation sites excluding steroid dienone is 1. The number of hydrogen-bond donors (Lipinski definition) is 0. The van der Waals surface area contributed by atoms with Crippen LogP contribution in [-0.2, 0) is 6.42 Å². The predicted octanol–water partition coefficient (Wildman–Crippen LogP) is 3.69. The molecule has 0 bridgehead atoms. The number of fused-ring (bicyclic) bond motifs is 1. The molecule has 1 aromatic carbocycles. The summed E-state index contributed by atoms with van der Waals surface area (Å²) in [5.41, 5.74) is 1.15. The lowest BCUT2D eigenvalue weighted by atomic mass is 10.0. The number of rotatable bonds is 5. The lowest BCUT2D eigenvalue weighted by Crippen LogP contribution is -2.27. The SMILES string of the molecule is C=C/C=c1/ccn(-c2cc3cccc(CCCF)c3cn2)/c1=C/C. The molecule has 0 aliphatic rings. The zero-order valence-electron chi connectivity index (χ0n) is 13.9. The van der Waals surface area contributed by atoms with Crippen LogP contribution in [0.3, 0.4) is 0 Å². The first-order valence-electron chi connectivity index (χ1n) is 8.19. The average Bonchev–Trinajstić information content (AvgIpc) is 3.02. The number of benzene rings is 1. The molecule has 3 aromatic rings. The van der Waals surface area contributed by atoms with Crippen LogP contribution >= 0.6 is 0 Å². The largest absolute Gasteiger partial charge is 0.302 e. The second-order valence-corrected chi connectivity index (χ2v) is 5.69. The van der Waals surface area contributed by atoms with Gasteiger partial charge < -0.3 is 4.57 Å². The van der Waals surface area contributed by atoms with Crippen molar-refractivity contribution in [3.8, 4) is 5.82 Å². The van der Waals surface area contributed by atoms with Gasteiger partial charge in [-0.1, -0.05) is 43.0 Å². The molecule has 2 nitrogen and oxygen atoms in total. The molecule has 2 heterocycles. The standard InChI is InChI=1S/C21H21FN2/c1-3-7-17-11-13-24(20(17)4-2)21-14-18-9-5-8-16(10-6-12-22)19(18)15-23-21/h3-5,7-9,11,13-15H,1,6,10,12H2,2H3/b17-7-,20-4+. The van der Waals surface area contributed by atoms with Crippen molar-refractivity contribution in [3.05, 3.63) is 71.5 Å². The van der Waals surface area contributed by atoms with E-state index in [1.54, 1.807) is 6.08 Å². The van der Waals surface area contributed by atoms with E-state index in [4.69, 9.17) is 0 Å². The third-order valence-corrected chi connectivity index (χ3v) is 4.20. The van der Waals surface area contributed by atoms with Crippen molar-refractivity contribution in [2.75, 3.05) is 6.67 Å². The number of alkyl halides is 1. The lowest BCUT2D eigenvalue weighted by Gasteiger charge is -2.08. The molecule has 0 aliphatic carbocycles. The molecule has 0 fully saturated rings. The molecule has 3 heteroatoms. The summed E-state index contributed by atoms with van der Waals surface area (Å²) in [5.74, 6) is 0.877. The molecule has 2 aromatic heterocycles. The summed E-state index contributed by atoms with van der Waals surface area (Å²) in [5, 5.41) is 4.43. The van der Waals surface area contributed by atoms with Gasteiger partial charge in [-0.15, -0.1) is 0 Å². The van der Waals surface area contributed by atoms with Gasteiger partial charge in [0.05, 0.1) is 6.67 Å². The van der Waals surface area contributed by atoms with Crippen LogP contribution in [0, 0.1) is 0 Å². The number of halogens is 1. The maximum Gasteiger partial charge on any atom is 0.137 e. The summed E-state index contributed by atoms with van der Waals surface area (Å²) in [6.07, 6.45) is 11.1. The average molecular weight is 320 g/mol. The normalized spacial score (nSPS) is 12.9. The van der Waals surface area contributed by atoms with Gasteiger partial charge in [0.15, 0.2) is 0 Å². The molecule has 0 spiro atoms. The molecular formula is C21H21FN2. The van der Waals surface area contributed by atoms with Gasteiger partial charge in [-0.05, 0) is 48.1 Å². The first-order chi connectivity index (χ1) is 11.8. The van der Waals surface area contributed by atoms with Gasteiger partial charge in [-0.2, -0.15) is 0 Å². The number of aryl methyl sites for hydroxylation is 1. The van der Waals surface area contributed by atoms with Crippen molar-refractivity contribution in [1.29, 1.82) is 0 Å². The van der Waals surface area contributed by atoms with E-state index >= 15 is 0 Å². The van der Waals surface area contributed by atoms with Crippen molar-refractivity contribution in [3.63, 3.8) is 0 Å². The maximum absolute atomic E-state index is 12.5. The highest BCUT2D eigenvalue weighted by Crippen LogP contribution is 2.21. The monoisotopic (exact) mass is 320 g/mol. The Morgan fingerprint density at radius 2 is 2.17 bits per heavy atom. The second kappa shape index (κ2) is 7.26. The van der Waals surface area contributed by atoms with Crippen LogP contribution in [0.4, 0.5) is 4.39 Å². The molecule has 0 aliphatic heterocycles. The smallest absolute Gasteiger partial charge is 0.137 e. The molecule has 3 rings (SSSR count). The molecule has 0 unspecified atom stereocenters. The minimum atomic E-state index is -0.288. The molecule has 0 saturated carbocycles. The fraction of sp³-hybridized carbons (Fsp3) is 0.190. The van der Waals surface area contributed by atoms with Gasteiger partial charge in [0.25, 0.3) is 0 Å². The highest BCUT2D eigenvalue weighted by atomic mass is 19.1. The molecule has 24 heavy (non-hydrogen) atoms. The van der Waals surface area contributed by atoms with E-state index in [9.17, 15) is 4.39 Å². The van der Waals surface area contributed by atoms with Crippen molar-refractivity contribution in [2.24, 2.45) is 0 Å². The van der Waals surface area contributed by atoms with E-state index in [0.29, 0.717) is 6.42 Å². The predicted molar refractivity (Wildman–Crippen MR) is 99.4 cm³/mol. The van der Waals surface area contributed by atoms with Crippen molar-refractivity contribution in [1.82, 2.24) is 9.55 Å². The van der Waals surface area contributed by atoms with E-state index in [0.717, 1.165) is 39.1 Å². The van der Waals surface area contributed by atoms with Crippen molar-refractivity contribution in [2.45, 2.75) is 19.8 Å². The number of nitrogens with zero attached hydrogens (tertiary/aromatic N) is 2. The second-order valence-electron chi connectivity index (χ2n) is 5.69. The molecule has 122 valence electrons. The Morgan fingerprint density at radius 3 is 2.92 bits per heavy atom. The van der Waals surface area contributed by atoms with Crippen LogP contribution in [0.15, 0.2) is 55.4 Å². The Kier molecular flexibility index (Phi) is 4.90. The van der Waals surface area contributed by atoms with Crippen LogP contribution in [0.2, 0.25) is 0 Å². The topological polar surface area (TPSA) is 17.8 Å². The van der Waals surface area contributed by atoms with Crippen LogP contribution < -0.4 is 10.6 Å². The number of aromatic nitrogens is 2. The molecule has 0 amide bonds. The quantitative estimate of drug-likeness (QED) is 0.701. The number of pyridine rings is 1. The highest BCUT2D eigenvalue weighted by Gasteiger charge is 2.05. The molecule has 0 radical (unpaired) electrons. The summed E-state index contributed by atoms with van der Waals surface area (Å²) in [6, 6.07) is 10.3.